The molecule has 0 N–H and O–H groups in total. The van der Waals surface area contributed by atoms with Crippen molar-refractivity contribution >= 4 is 11.8 Å². The molecule has 1 aliphatic carbocycles. The van der Waals surface area contributed by atoms with E-state index in [1.807, 2.05) is 11.8 Å². The van der Waals surface area contributed by atoms with Crippen LogP contribution in [0.15, 0.2) is 45.7 Å². The van der Waals surface area contributed by atoms with Crippen LogP contribution in [0.4, 0.5) is 0 Å². The zero-order chi connectivity index (χ0) is 9.80. The van der Waals surface area contributed by atoms with Crippen molar-refractivity contribution in [2.75, 3.05) is 0 Å². The molecular weight excluding hydrogens is 188 g/mol. The average Bonchev–Trinajstić information content (AvgIpc) is 2.23. The highest BCUT2D eigenvalue weighted by atomic mass is 32.2. The number of hydrogen-bond donors (Lipinski definition) is 0. The van der Waals surface area contributed by atoms with E-state index in [4.69, 9.17) is 0 Å². The molecule has 0 fully saturated rings. The van der Waals surface area contributed by atoms with Gasteiger partial charge in [-0.05, 0) is 49.6 Å². The van der Waals surface area contributed by atoms with E-state index >= 15 is 0 Å². The number of benzene rings is 1. The molecule has 0 aromatic heterocycles. The number of allylic oxidation sites excluding steroid dienone is 2. The van der Waals surface area contributed by atoms with E-state index in [-0.39, 0.29) is 0 Å². The zero-order valence-corrected chi connectivity index (χ0v) is 9.44. The first kappa shape index (κ1) is 9.85. The molecule has 0 atom stereocenters. The molecule has 14 heavy (non-hydrogen) atoms. The first-order valence-corrected chi connectivity index (χ1v) is 6.09. The minimum Gasteiger partial charge on any atom is -0.0946 e. The summed E-state index contributed by atoms with van der Waals surface area (Å²) in [6.07, 6.45) is 5.33. The molecule has 0 nitrogen and oxygen atoms in total. The number of thioether (sulfide) groups is 1. The van der Waals surface area contributed by atoms with Crippen LogP contribution in [-0.4, -0.2) is 0 Å². The van der Waals surface area contributed by atoms with Gasteiger partial charge in [-0.2, -0.15) is 0 Å². The SMILES string of the molecule is CC1=C(Sc2ccccc2)CCCC1. The second-order valence-electron chi connectivity index (χ2n) is 3.83. The molecule has 0 radical (unpaired) electrons. The first-order chi connectivity index (χ1) is 6.86. The van der Waals surface area contributed by atoms with Gasteiger partial charge < -0.3 is 0 Å². The second kappa shape index (κ2) is 4.70. The average molecular weight is 204 g/mol. The van der Waals surface area contributed by atoms with Crippen LogP contribution in [0.5, 0.6) is 0 Å². The van der Waals surface area contributed by atoms with Crippen LogP contribution in [0.25, 0.3) is 0 Å². The van der Waals surface area contributed by atoms with E-state index in [0.717, 1.165) is 0 Å². The summed E-state index contributed by atoms with van der Waals surface area (Å²) in [5.74, 6) is 0. The predicted molar refractivity (Wildman–Crippen MR) is 63.5 cm³/mol. The zero-order valence-electron chi connectivity index (χ0n) is 8.62. The van der Waals surface area contributed by atoms with E-state index in [0.29, 0.717) is 0 Å². The van der Waals surface area contributed by atoms with Gasteiger partial charge in [0.05, 0.1) is 0 Å². The highest BCUT2D eigenvalue weighted by molar-refractivity contribution is 8.03. The molecule has 0 saturated carbocycles. The van der Waals surface area contributed by atoms with Gasteiger partial charge in [0.15, 0.2) is 0 Å². The lowest BCUT2D eigenvalue weighted by Crippen LogP contribution is -1.93. The molecule has 0 spiro atoms. The summed E-state index contributed by atoms with van der Waals surface area (Å²) in [6, 6.07) is 10.7. The predicted octanol–water partition coefficient (Wildman–Crippen LogP) is 4.63. The van der Waals surface area contributed by atoms with Gasteiger partial charge in [-0.1, -0.05) is 35.5 Å². The Morgan fingerprint density at radius 1 is 1.00 bits per heavy atom. The Labute approximate surface area is 90.4 Å². The summed E-state index contributed by atoms with van der Waals surface area (Å²) >= 11 is 1.95. The lowest BCUT2D eigenvalue weighted by molar-refractivity contribution is 0.694. The Balaban J connectivity index is 2.10. The second-order valence-corrected chi connectivity index (χ2v) is 4.99. The third-order valence-corrected chi connectivity index (χ3v) is 3.97. The van der Waals surface area contributed by atoms with Gasteiger partial charge in [-0.3, -0.25) is 0 Å². The van der Waals surface area contributed by atoms with Gasteiger partial charge >= 0.3 is 0 Å². The summed E-state index contributed by atoms with van der Waals surface area (Å²) in [5, 5.41) is 0. The molecule has 0 amide bonds. The van der Waals surface area contributed by atoms with Crippen molar-refractivity contribution in [2.45, 2.75) is 37.5 Å². The Kier molecular flexibility index (Phi) is 3.30. The van der Waals surface area contributed by atoms with Crippen molar-refractivity contribution < 1.29 is 0 Å². The molecule has 1 heteroatoms. The van der Waals surface area contributed by atoms with E-state index in [1.54, 1.807) is 10.5 Å². The molecule has 0 heterocycles. The van der Waals surface area contributed by atoms with Crippen LogP contribution >= 0.6 is 11.8 Å². The van der Waals surface area contributed by atoms with E-state index in [9.17, 15) is 0 Å². The van der Waals surface area contributed by atoms with Gasteiger partial charge in [0.2, 0.25) is 0 Å². The van der Waals surface area contributed by atoms with Crippen LogP contribution in [-0.2, 0) is 0 Å². The Morgan fingerprint density at radius 2 is 1.71 bits per heavy atom. The third kappa shape index (κ3) is 2.42. The van der Waals surface area contributed by atoms with Gasteiger partial charge in [0.25, 0.3) is 0 Å². The molecule has 0 bridgehead atoms. The molecule has 1 aliphatic rings. The van der Waals surface area contributed by atoms with Crippen molar-refractivity contribution in [3.63, 3.8) is 0 Å². The summed E-state index contributed by atoms with van der Waals surface area (Å²) in [4.78, 5) is 2.98. The fourth-order valence-electron chi connectivity index (χ4n) is 1.80. The largest absolute Gasteiger partial charge is 0.0946 e. The maximum absolute atomic E-state index is 2.28. The highest BCUT2D eigenvalue weighted by Crippen LogP contribution is 2.36. The van der Waals surface area contributed by atoms with Crippen LogP contribution in [0, 0.1) is 0 Å². The Morgan fingerprint density at radius 3 is 2.43 bits per heavy atom. The summed E-state index contributed by atoms with van der Waals surface area (Å²) < 4.78 is 0. The fourth-order valence-corrected chi connectivity index (χ4v) is 2.90. The molecule has 74 valence electrons. The third-order valence-electron chi connectivity index (χ3n) is 2.67. The number of rotatable bonds is 2. The van der Waals surface area contributed by atoms with Gasteiger partial charge in [-0.25, -0.2) is 0 Å². The lowest BCUT2D eigenvalue weighted by Gasteiger charge is -2.16. The van der Waals surface area contributed by atoms with Crippen molar-refractivity contribution in [3.8, 4) is 0 Å². The summed E-state index contributed by atoms with van der Waals surface area (Å²) in [7, 11) is 0. The molecule has 0 aliphatic heterocycles. The van der Waals surface area contributed by atoms with Gasteiger partial charge in [0.1, 0.15) is 0 Å². The Hall–Kier alpha value is -0.690. The summed E-state index contributed by atoms with van der Waals surface area (Å²) in [5.41, 5.74) is 1.60. The van der Waals surface area contributed by atoms with Crippen LogP contribution in [0.1, 0.15) is 32.6 Å². The van der Waals surface area contributed by atoms with E-state index in [2.05, 4.69) is 37.3 Å². The minimum atomic E-state index is 1.28. The topological polar surface area (TPSA) is 0 Å². The fraction of sp³-hybridized carbons (Fsp3) is 0.385. The summed E-state index contributed by atoms with van der Waals surface area (Å²) in [6.45, 7) is 2.28. The van der Waals surface area contributed by atoms with Crippen molar-refractivity contribution in [1.82, 2.24) is 0 Å². The smallest absolute Gasteiger partial charge is 0.0119 e. The Bertz CT molecular complexity index is 324. The number of hydrogen-bond acceptors (Lipinski definition) is 1. The van der Waals surface area contributed by atoms with E-state index in [1.165, 1.54) is 30.6 Å². The van der Waals surface area contributed by atoms with Crippen molar-refractivity contribution in [3.05, 3.63) is 40.8 Å². The minimum absolute atomic E-state index is 1.28. The van der Waals surface area contributed by atoms with Crippen molar-refractivity contribution in [1.29, 1.82) is 0 Å². The van der Waals surface area contributed by atoms with E-state index < -0.39 is 0 Å². The van der Waals surface area contributed by atoms with Crippen LogP contribution in [0.3, 0.4) is 0 Å². The van der Waals surface area contributed by atoms with Crippen molar-refractivity contribution in [2.24, 2.45) is 0 Å². The maximum atomic E-state index is 2.28. The van der Waals surface area contributed by atoms with Crippen LogP contribution < -0.4 is 0 Å². The molecule has 0 unspecified atom stereocenters. The monoisotopic (exact) mass is 204 g/mol. The quantitative estimate of drug-likeness (QED) is 0.677. The molecule has 2 rings (SSSR count). The first-order valence-electron chi connectivity index (χ1n) is 5.28. The molecule has 1 aromatic rings. The molecule has 1 aromatic carbocycles. The highest BCUT2D eigenvalue weighted by Gasteiger charge is 2.09. The van der Waals surface area contributed by atoms with Crippen LogP contribution in [0.2, 0.25) is 0 Å². The molecule has 0 saturated heterocycles. The lowest BCUT2D eigenvalue weighted by atomic mass is 10.0. The van der Waals surface area contributed by atoms with Gasteiger partial charge in [0, 0.05) is 4.90 Å². The maximum Gasteiger partial charge on any atom is 0.0119 e. The molecular formula is C13H16S. The van der Waals surface area contributed by atoms with Gasteiger partial charge in [-0.15, -0.1) is 0 Å². The normalized spacial score (nSPS) is 17.2. The standard InChI is InChI=1S/C13H16S/c1-11-7-5-6-10-13(11)14-12-8-3-2-4-9-12/h2-4,8-9H,5-7,10H2,1H3.